The maximum atomic E-state index is 13.3. The molecule has 0 saturated carbocycles. The van der Waals surface area contributed by atoms with E-state index in [1.807, 2.05) is 74.6 Å². The molecule has 0 bridgehead atoms. The lowest BCUT2D eigenvalue weighted by atomic mass is 9.77. The van der Waals surface area contributed by atoms with Gasteiger partial charge in [-0.1, -0.05) is 91.0 Å². The molecule has 0 N–H and O–H groups in total. The first-order valence-corrected chi connectivity index (χ1v) is 11.6. The van der Waals surface area contributed by atoms with Crippen LogP contribution in [0.1, 0.15) is 42.8 Å². The molecule has 0 spiro atoms. The molecule has 0 fully saturated rings. The number of rotatable bonds is 6. The highest BCUT2D eigenvalue weighted by molar-refractivity contribution is 7.14. The second-order valence-corrected chi connectivity index (χ2v) is 9.15. The first kappa shape index (κ1) is 21.0. The Balaban J connectivity index is 1.76. The summed E-state index contributed by atoms with van der Waals surface area (Å²) in [6.45, 7) is 3.79. The van der Waals surface area contributed by atoms with Crippen LogP contribution in [0, 0.1) is 13.8 Å². The molecule has 5 heteroatoms. The summed E-state index contributed by atoms with van der Waals surface area (Å²) in [5.74, 6) is -0.0973. The lowest BCUT2D eigenvalue weighted by Gasteiger charge is -2.37. The van der Waals surface area contributed by atoms with Crippen LogP contribution in [-0.4, -0.2) is 20.3 Å². The average molecular weight is 450 g/mol. The van der Waals surface area contributed by atoms with Crippen molar-refractivity contribution in [2.75, 3.05) is 0 Å². The Morgan fingerprint density at radius 3 is 1.70 bits per heavy atom. The van der Waals surface area contributed by atoms with Crippen LogP contribution >= 0.6 is 11.3 Å². The number of hydrogen-bond acceptors (Lipinski definition) is 4. The number of benzene rings is 3. The van der Waals surface area contributed by atoms with Crippen LogP contribution in [0.25, 0.3) is 0 Å². The van der Waals surface area contributed by atoms with Gasteiger partial charge in [0.1, 0.15) is 11.2 Å². The first-order valence-electron chi connectivity index (χ1n) is 10.8. The van der Waals surface area contributed by atoms with Gasteiger partial charge in [0.2, 0.25) is 5.78 Å². The Morgan fingerprint density at radius 1 is 0.788 bits per heavy atom. The summed E-state index contributed by atoms with van der Waals surface area (Å²) in [5, 5.41) is 0.877. The van der Waals surface area contributed by atoms with E-state index >= 15 is 0 Å². The predicted octanol–water partition coefficient (Wildman–Crippen LogP) is 6.03. The SMILES string of the molecule is Cc1nc(C)c(C(=O)c2cn(C(c3ccccc3)(c3ccccc3)c3ccccc3)cn2)s1. The summed E-state index contributed by atoms with van der Waals surface area (Å²) in [6.07, 6.45) is 3.63. The maximum absolute atomic E-state index is 13.3. The number of carbonyl (C=O) groups is 1. The van der Waals surface area contributed by atoms with E-state index < -0.39 is 5.54 Å². The van der Waals surface area contributed by atoms with Crippen molar-refractivity contribution in [2.24, 2.45) is 0 Å². The summed E-state index contributed by atoms with van der Waals surface area (Å²) >= 11 is 1.41. The Morgan fingerprint density at radius 2 is 1.27 bits per heavy atom. The van der Waals surface area contributed by atoms with Crippen LogP contribution in [0.3, 0.4) is 0 Å². The second kappa shape index (κ2) is 8.60. The van der Waals surface area contributed by atoms with Gasteiger partial charge in [-0.15, -0.1) is 11.3 Å². The van der Waals surface area contributed by atoms with Crippen molar-refractivity contribution >= 4 is 17.1 Å². The molecule has 0 unspecified atom stereocenters. The van der Waals surface area contributed by atoms with Crippen molar-refractivity contribution in [3.05, 3.63) is 141 Å². The molecule has 4 nitrogen and oxygen atoms in total. The second-order valence-electron chi connectivity index (χ2n) is 7.95. The highest BCUT2D eigenvalue weighted by atomic mass is 32.1. The van der Waals surface area contributed by atoms with Crippen molar-refractivity contribution in [3.63, 3.8) is 0 Å². The summed E-state index contributed by atoms with van der Waals surface area (Å²) in [5.41, 5.74) is 3.73. The first-order chi connectivity index (χ1) is 16.1. The Bertz CT molecular complexity index is 1290. The smallest absolute Gasteiger partial charge is 0.224 e. The Kier molecular flexibility index (Phi) is 5.48. The average Bonchev–Trinajstić information content (AvgIpc) is 3.48. The van der Waals surface area contributed by atoms with Crippen molar-refractivity contribution in [2.45, 2.75) is 19.4 Å². The van der Waals surface area contributed by atoms with Crippen LogP contribution < -0.4 is 0 Å². The number of imidazole rings is 1. The lowest BCUT2D eigenvalue weighted by Crippen LogP contribution is -2.37. The summed E-state index contributed by atoms with van der Waals surface area (Å²) in [7, 11) is 0. The monoisotopic (exact) mass is 449 g/mol. The van der Waals surface area contributed by atoms with Crippen LogP contribution in [0.4, 0.5) is 0 Å². The summed E-state index contributed by atoms with van der Waals surface area (Å²) in [4.78, 5) is 23.0. The predicted molar refractivity (Wildman–Crippen MR) is 132 cm³/mol. The molecule has 0 aliphatic rings. The van der Waals surface area contributed by atoms with Gasteiger partial charge in [0.15, 0.2) is 0 Å². The van der Waals surface area contributed by atoms with E-state index in [1.54, 1.807) is 6.33 Å². The Labute approximate surface area is 197 Å². The van der Waals surface area contributed by atoms with Gasteiger partial charge in [0.05, 0.1) is 21.9 Å². The number of thiazole rings is 1. The Hall–Kier alpha value is -3.83. The van der Waals surface area contributed by atoms with Gasteiger partial charge in [-0.3, -0.25) is 4.79 Å². The normalized spacial score (nSPS) is 11.5. The molecule has 2 heterocycles. The maximum Gasteiger partial charge on any atom is 0.224 e. The van der Waals surface area contributed by atoms with E-state index in [2.05, 4.69) is 50.9 Å². The van der Waals surface area contributed by atoms with E-state index in [4.69, 9.17) is 0 Å². The number of carbonyl (C=O) groups excluding carboxylic acids is 1. The van der Waals surface area contributed by atoms with Gasteiger partial charge in [0, 0.05) is 6.20 Å². The van der Waals surface area contributed by atoms with E-state index in [-0.39, 0.29) is 5.78 Å². The van der Waals surface area contributed by atoms with E-state index in [0.29, 0.717) is 10.6 Å². The molecule has 0 amide bonds. The van der Waals surface area contributed by atoms with E-state index in [9.17, 15) is 4.79 Å². The summed E-state index contributed by atoms with van der Waals surface area (Å²) in [6, 6.07) is 31.1. The minimum atomic E-state index is -0.687. The van der Waals surface area contributed by atoms with Crippen LogP contribution in [0.5, 0.6) is 0 Å². The van der Waals surface area contributed by atoms with Crippen molar-refractivity contribution in [3.8, 4) is 0 Å². The minimum Gasteiger partial charge on any atom is -0.318 e. The molecule has 3 aromatic carbocycles. The molecule has 5 aromatic rings. The minimum absolute atomic E-state index is 0.0973. The molecule has 0 atom stereocenters. The number of hydrogen-bond donors (Lipinski definition) is 0. The van der Waals surface area contributed by atoms with Crippen LogP contribution in [0.2, 0.25) is 0 Å². The van der Waals surface area contributed by atoms with Gasteiger partial charge >= 0.3 is 0 Å². The molecule has 0 aliphatic heterocycles. The fraction of sp³-hybridized carbons (Fsp3) is 0.107. The molecular weight excluding hydrogens is 426 g/mol. The number of aryl methyl sites for hydroxylation is 2. The van der Waals surface area contributed by atoms with Crippen molar-refractivity contribution < 1.29 is 4.79 Å². The third-order valence-corrected chi connectivity index (χ3v) is 6.96. The molecule has 0 aliphatic carbocycles. The number of ketones is 1. The fourth-order valence-electron chi connectivity index (χ4n) is 4.47. The van der Waals surface area contributed by atoms with Gasteiger partial charge in [0.25, 0.3) is 0 Å². The molecule has 5 rings (SSSR count). The lowest BCUT2D eigenvalue weighted by molar-refractivity contribution is 0.103. The quantitative estimate of drug-likeness (QED) is 0.235. The van der Waals surface area contributed by atoms with Crippen LogP contribution in [0.15, 0.2) is 104 Å². The molecule has 0 radical (unpaired) electrons. The molecule has 162 valence electrons. The number of aromatic nitrogens is 3. The van der Waals surface area contributed by atoms with Crippen molar-refractivity contribution in [1.82, 2.24) is 14.5 Å². The van der Waals surface area contributed by atoms with Gasteiger partial charge in [-0.25, -0.2) is 9.97 Å². The molecule has 33 heavy (non-hydrogen) atoms. The third kappa shape index (κ3) is 3.60. The molecule has 0 saturated heterocycles. The third-order valence-electron chi connectivity index (χ3n) is 5.89. The van der Waals surface area contributed by atoms with Gasteiger partial charge in [-0.05, 0) is 30.5 Å². The zero-order valence-corrected chi connectivity index (χ0v) is 19.3. The van der Waals surface area contributed by atoms with Gasteiger partial charge < -0.3 is 4.57 Å². The van der Waals surface area contributed by atoms with E-state index in [0.717, 1.165) is 27.4 Å². The number of nitrogens with zero attached hydrogens (tertiary/aromatic N) is 3. The highest BCUT2D eigenvalue weighted by Gasteiger charge is 2.38. The summed E-state index contributed by atoms with van der Waals surface area (Å²) < 4.78 is 2.06. The molecule has 2 aromatic heterocycles. The largest absolute Gasteiger partial charge is 0.318 e. The zero-order chi connectivity index (χ0) is 22.8. The fourth-order valence-corrected chi connectivity index (χ4v) is 5.34. The standard InChI is InChI=1S/C28H23N3OS/c1-20-27(33-21(2)30-20)26(32)25-18-31(19-29-25)28(22-12-6-3-7-13-22,23-14-8-4-9-15-23)24-16-10-5-11-17-24/h3-19H,1-2H3. The topological polar surface area (TPSA) is 47.8 Å². The van der Waals surface area contributed by atoms with Crippen LogP contribution in [-0.2, 0) is 5.54 Å². The molecular formula is C28H23N3OS. The van der Waals surface area contributed by atoms with Gasteiger partial charge in [-0.2, -0.15) is 0 Å². The zero-order valence-electron chi connectivity index (χ0n) is 18.5. The van der Waals surface area contributed by atoms with E-state index in [1.165, 1.54) is 11.3 Å². The highest BCUT2D eigenvalue weighted by Crippen LogP contribution is 2.40. The van der Waals surface area contributed by atoms with Crippen molar-refractivity contribution in [1.29, 1.82) is 0 Å².